The van der Waals surface area contributed by atoms with Gasteiger partial charge in [0.15, 0.2) is 6.61 Å². The molecular formula is C17H18ClNO3. The Balaban J connectivity index is 1.61. The first kappa shape index (κ1) is 16.2. The van der Waals surface area contributed by atoms with Gasteiger partial charge in [-0.15, -0.1) is 0 Å². The van der Waals surface area contributed by atoms with Crippen molar-refractivity contribution >= 4 is 17.5 Å². The van der Waals surface area contributed by atoms with Crippen LogP contribution in [0.15, 0.2) is 48.5 Å². The third-order valence-electron chi connectivity index (χ3n) is 2.90. The summed E-state index contributed by atoms with van der Waals surface area (Å²) in [5.74, 6) is 1.22. The monoisotopic (exact) mass is 319 g/mol. The zero-order chi connectivity index (χ0) is 15.8. The van der Waals surface area contributed by atoms with Gasteiger partial charge in [0.1, 0.15) is 18.1 Å². The van der Waals surface area contributed by atoms with Gasteiger partial charge in [0.05, 0.1) is 6.54 Å². The standard InChI is InChI=1S/C17H18ClNO3/c1-13-2-6-16(7-3-13)22-12-17(20)19-10-11-21-15-8-4-14(18)5-9-15/h2-9H,10-12H2,1H3,(H,19,20). The molecule has 0 radical (unpaired) electrons. The first-order valence-corrected chi connectivity index (χ1v) is 7.36. The van der Waals surface area contributed by atoms with Crippen LogP contribution in [0.4, 0.5) is 0 Å². The zero-order valence-electron chi connectivity index (χ0n) is 12.3. The average molecular weight is 320 g/mol. The van der Waals surface area contributed by atoms with Crippen molar-refractivity contribution in [2.75, 3.05) is 19.8 Å². The molecule has 0 bridgehead atoms. The fraction of sp³-hybridized carbons (Fsp3) is 0.235. The molecule has 0 aromatic heterocycles. The van der Waals surface area contributed by atoms with E-state index in [9.17, 15) is 4.79 Å². The van der Waals surface area contributed by atoms with Crippen molar-refractivity contribution in [3.8, 4) is 11.5 Å². The highest BCUT2D eigenvalue weighted by Crippen LogP contribution is 2.15. The minimum atomic E-state index is -0.180. The van der Waals surface area contributed by atoms with E-state index >= 15 is 0 Å². The Morgan fingerprint density at radius 2 is 1.59 bits per heavy atom. The first-order chi connectivity index (χ1) is 10.6. The lowest BCUT2D eigenvalue weighted by Crippen LogP contribution is -2.32. The van der Waals surface area contributed by atoms with Gasteiger partial charge in [0.2, 0.25) is 0 Å². The molecule has 0 heterocycles. The van der Waals surface area contributed by atoms with Crippen LogP contribution in [0.1, 0.15) is 5.56 Å². The maximum atomic E-state index is 11.6. The van der Waals surface area contributed by atoms with Gasteiger partial charge in [-0.3, -0.25) is 4.79 Å². The fourth-order valence-corrected chi connectivity index (χ4v) is 1.85. The fourth-order valence-electron chi connectivity index (χ4n) is 1.72. The highest BCUT2D eigenvalue weighted by atomic mass is 35.5. The largest absolute Gasteiger partial charge is 0.492 e. The second-order valence-corrected chi connectivity index (χ2v) is 5.19. The molecule has 5 heteroatoms. The van der Waals surface area contributed by atoms with Crippen molar-refractivity contribution in [2.24, 2.45) is 0 Å². The number of amides is 1. The lowest BCUT2D eigenvalue weighted by atomic mass is 10.2. The first-order valence-electron chi connectivity index (χ1n) is 6.98. The predicted octanol–water partition coefficient (Wildman–Crippen LogP) is 3.22. The minimum Gasteiger partial charge on any atom is -0.492 e. The van der Waals surface area contributed by atoms with Crippen molar-refractivity contribution in [3.05, 3.63) is 59.1 Å². The molecule has 0 aliphatic carbocycles. The lowest BCUT2D eigenvalue weighted by Gasteiger charge is -2.09. The van der Waals surface area contributed by atoms with Gasteiger partial charge < -0.3 is 14.8 Å². The lowest BCUT2D eigenvalue weighted by molar-refractivity contribution is -0.123. The summed E-state index contributed by atoms with van der Waals surface area (Å²) in [6.07, 6.45) is 0. The number of rotatable bonds is 7. The molecule has 2 aromatic rings. The summed E-state index contributed by atoms with van der Waals surface area (Å²) in [6.45, 7) is 2.79. The zero-order valence-corrected chi connectivity index (χ0v) is 13.1. The minimum absolute atomic E-state index is 0.00991. The number of ether oxygens (including phenoxy) is 2. The molecular weight excluding hydrogens is 302 g/mol. The summed E-state index contributed by atoms with van der Waals surface area (Å²) in [6, 6.07) is 14.6. The molecule has 0 fully saturated rings. The molecule has 0 aliphatic heterocycles. The van der Waals surface area contributed by atoms with Crippen LogP contribution < -0.4 is 14.8 Å². The maximum absolute atomic E-state index is 11.6. The normalized spacial score (nSPS) is 10.1. The quantitative estimate of drug-likeness (QED) is 0.797. The molecule has 1 amide bonds. The van der Waals surface area contributed by atoms with Crippen LogP contribution in [0.5, 0.6) is 11.5 Å². The van der Waals surface area contributed by atoms with Crippen molar-refractivity contribution in [1.82, 2.24) is 5.32 Å². The van der Waals surface area contributed by atoms with Gasteiger partial charge in [0.25, 0.3) is 5.91 Å². The number of carbonyl (C=O) groups is 1. The maximum Gasteiger partial charge on any atom is 0.258 e. The SMILES string of the molecule is Cc1ccc(OCC(=O)NCCOc2ccc(Cl)cc2)cc1. The summed E-state index contributed by atoms with van der Waals surface area (Å²) in [5, 5.41) is 3.39. The Morgan fingerprint density at radius 3 is 2.27 bits per heavy atom. The van der Waals surface area contributed by atoms with E-state index in [1.54, 1.807) is 24.3 Å². The van der Waals surface area contributed by atoms with Crippen LogP contribution in [-0.2, 0) is 4.79 Å². The molecule has 0 spiro atoms. The average Bonchev–Trinajstić information content (AvgIpc) is 2.53. The van der Waals surface area contributed by atoms with E-state index in [0.717, 1.165) is 11.3 Å². The summed E-state index contributed by atoms with van der Waals surface area (Å²) < 4.78 is 10.9. The van der Waals surface area contributed by atoms with Crippen molar-refractivity contribution in [3.63, 3.8) is 0 Å². The van der Waals surface area contributed by atoms with Crippen LogP contribution in [0.2, 0.25) is 5.02 Å². The number of hydrogen-bond donors (Lipinski definition) is 1. The molecule has 22 heavy (non-hydrogen) atoms. The van der Waals surface area contributed by atoms with Gasteiger partial charge in [-0.2, -0.15) is 0 Å². The molecule has 0 aliphatic rings. The highest BCUT2D eigenvalue weighted by Gasteiger charge is 2.02. The van der Waals surface area contributed by atoms with E-state index in [-0.39, 0.29) is 12.5 Å². The number of halogens is 1. The molecule has 1 N–H and O–H groups in total. The highest BCUT2D eigenvalue weighted by molar-refractivity contribution is 6.30. The van der Waals surface area contributed by atoms with Crippen LogP contribution in [0.3, 0.4) is 0 Å². The molecule has 0 saturated carbocycles. The topological polar surface area (TPSA) is 47.6 Å². The van der Waals surface area contributed by atoms with E-state index in [0.29, 0.717) is 23.9 Å². The van der Waals surface area contributed by atoms with Gasteiger partial charge in [-0.1, -0.05) is 29.3 Å². The smallest absolute Gasteiger partial charge is 0.258 e. The number of benzene rings is 2. The van der Waals surface area contributed by atoms with E-state index in [2.05, 4.69) is 5.32 Å². The van der Waals surface area contributed by atoms with Crippen LogP contribution >= 0.6 is 11.6 Å². The van der Waals surface area contributed by atoms with Gasteiger partial charge in [-0.05, 0) is 43.3 Å². The number of nitrogens with one attached hydrogen (secondary N) is 1. The molecule has 0 atom stereocenters. The number of carbonyl (C=O) groups excluding carboxylic acids is 1. The van der Waals surface area contributed by atoms with E-state index in [1.165, 1.54) is 0 Å². The van der Waals surface area contributed by atoms with Crippen molar-refractivity contribution in [2.45, 2.75) is 6.92 Å². The molecule has 2 rings (SSSR count). The van der Waals surface area contributed by atoms with Crippen LogP contribution in [0.25, 0.3) is 0 Å². The Bertz CT molecular complexity index is 596. The predicted molar refractivity (Wildman–Crippen MR) is 86.6 cm³/mol. The Hall–Kier alpha value is -2.20. The van der Waals surface area contributed by atoms with E-state index in [4.69, 9.17) is 21.1 Å². The Labute approximate surface area is 135 Å². The van der Waals surface area contributed by atoms with Crippen LogP contribution in [-0.4, -0.2) is 25.7 Å². The molecule has 4 nitrogen and oxygen atoms in total. The molecule has 2 aromatic carbocycles. The summed E-state index contributed by atoms with van der Waals surface area (Å²) in [7, 11) is 0. The summed E-state index contributed by atoms with van der Waals surface area (Å²) >= 11 is 5.78. The third-order valence-corrected chi connectivity index (χ3v) is 3.15. The van der Waals surface area contributed by atoms with Gasteiger partial charge >= 0.3 is 0 Å². The molecule has 0 unspecified atom stereocenters. The van der Waals surface area contributed by atoms with Crippen LogP contribution in [0, 0.1) is 6.92 Å². The third kappa shape index (κ3) is 5.66. The number of hydrogen-bond acceptors (Lipinski definition) is 3. The van der Waals surface area contributed by atoms with Crippen molar-refractivity contribution < 1.29 is 14.3 Å². The Kier molecular flexibility index (Phi) is 6.10. The summed E-state index contributed by atoms with van der Waals surface area (Å²) in [5.41, 5.74) is 1.15. The summed E-state index contributed by atoms with van der Waals surface area (Å²) in [4.78, 5) is 11.6. The van der Waals surface area contributed by atoms with E-state index < -0.39 is 0 Å². The van der Waals surface area contributed by atoms with E-state index in [1.807, 2.05) is 31.2 Å². The second-order valence-electron chi connectivity index (χ2n) is 4.75. The van der Waals surface area contributed by atoms with Gasteiger partial charge in [-0.25, -0.2) is 0 Å². The van der Waals surface area contributed by atoms with Crippen molar-refractivity contribution in [1.29, 1.82) is 0 Å². The number of aryl methyl sites for hydroxylation is 1. The van der Waals surface area contributed by atoms with Gasteiger partial charge in [0, 0.05) is 5.02 Å². The molecule has 0 saturated heterocycles. The second kappa shape index (κ2) is 8.29. The Morgan fingerprint density at radius 1 is 1.00 bits per heavy atom. The molecule has 116 valence electrons.